The van der Waals surface area contributed by atoms with Gasteiger partial charge in [0.25, 0.3) is 0 Å². The van der Waals surface area contributed by atoms with Crippen LogP contribution in [0.3, 0.4) is 0 Å². The Kier molecular flexibility index (Phi) is 3.57. The lowest BCUT2D eigenvalue weighted by molar-refractivity contribution is 0.0735. The zero-order chi connectivity index (χ0) is 9.14. The third-order valence-corrected chi connectivity index (χ3v) is 2.46. The van der Waals surface area contributed by atoms with E-state index >= 15 is 0 Å². The molecule has 0 N–H and O–H groups in total. The Morgan fingerprint density at radius 2 is 1.67 bits per heavy atom. The average molecular weight is 169 g/mol. The Hall–Kier alpha value is -0.0400. The van der Waals surface area contributed by atoms with Crippen molar-refractivity contribution < 1.29 is 0 Å². The molecule has 0 unspecified atom stereocenters. The minimum Gasteiger partial charge on any atom is -0.302 e. The van der Waals surface area contributed by atoms with Crippen LogP contribution in [-0.4, -0.2) is 24.5 Å². The molecule has 0 aromatic rings. The van der Waals surface area contributed by atoms with Gasteiger partial charge in [0.05, 0.1) is 0 Å². The molecule has 72 valence electrons. The largest absolute Gasteiger partial charge is 0.302 e. The molecule has 0 amide bonds. The van der Waals surface area contributed by atoms with Crippen molar-refractivity contribution in [2.45, 2.75) is 34.1 Å². The van der Waals surface area contributed by atoms with Gasteiger partial charge in [0, 0.05) is 19.6 Å². The maximum Gasteiger partial charge on any atom is 0.00222 e. The minimum atomic E-state index is 0.838. The Balaban J connectivity index is 2.04. The first-order chi connectivity index (χ1) is 5.58. The first kappa shape index (κ1) is 10.0. The summed E-state index contributed by atoms with van der Waals surface area (Å²) in [6, 6.07) is 0. The highest BCUT2D eigenvalue weighted by Gasteiger charge is 2.26. The monoisotopic (exact) mass is 169 g/mol. The molecule has 0 saturated carbocycles. The van der Waals surface area contributed by atoms with Gasteiger partial charge in [-0.1, -0.05) is 27.7 Å². The van der Waals surface area contributed by atoms with Gasteiger partial charge in [0.2, 0.25) is 0 Å². The molecule has 1 aliphatic rings. The van der Waals surface area contributed by atoms with Gasteiger partial charge in [-0.15, -0.1) is 0 Å². The van der Waals surface area contributed by atoms with Crippen LogP contribution in [0, 0.1) is 17.8 Å². The summed E-state index contributed by atoms with van der Waals surface area (Å²) in [4.78, 5) is 2.58. The summed E-state index contributed by atoms with van der Waals surface area (Å²) in [5.41, 5.74) is 0. The van der Waals surface area contributed by atoms with Crippen molar-refractivity contribution in [3.63, 3.8) is 0 Å². The highest BCUT2D eigenvalue weighted by Crippen LogP contribution is 2.23. The van der Waals surface area contributed by atoms with Crippen LogP contribution in [0.4, 0.5) is 0 Å². The molecule has 1 saturated heterocycles. The fourth-order valence-corrected chi connectivity index (χ4v) is 2.16. The molecule has 0 aliphatic carbocycles. The lowest BCUT2D eigenvalue weighted by Gasteiger charge is -2.41. The van der Waals surface area contributed by atoms with E-state index in [0.29, 0.717) is 0 Å². The van der Waals surface area contributed by atoms with Crippen molar-refractivity contribution >= 4 is 0 Å². The van der Waals surface area contributed by atoms with Crippen molar-refractivity contribution in [1.29, 1.82) is 0 Å². The molecular weight excluding hydrogens is 146 g/mol. The van der Waals surface area contributed by atoms with Crippen molar-refractivity contribution in [1.82, 2.24) is 4.90 Å². The molecular formula is C11H23N. The smallest absolute Gasteiger partial charge is 0.00222 e. The van der Waals surface area contributed by atoms with E-state index in [-0.39, 0.29) is 0 Å². The average Bonchev–Trinajstić information content (AvgIpc) is 1.80. The molecule has 1 rings (SSSR count). The summed E-state index contributed by atoms with van der Waals surface area (Å²) < 4.78 is 0. The van der Waals surface area contributed by atoms with E-state index in [1.807, 2.05) is 0 Å². The molecule has 0 aromatic carbocycles. The molecule has 0 spiro atoms. The molecule has 1 heteroatoms. The lowest BCUT2D eigenvalue weighted by Crippen LogP contribution is -2.48. The first-order valence-corrected chi connectivity index (χ1v) is 5.30. The fraction of sp³-hybridized carbons (Fsp3) is 1.00. The zero-order valence-corrected chi connectivity index (χ0v) is 9.01. The summed E-state index contributed by atoms with van der Waals surface area (Å²) in [5.74, 6) is 2.73. The fourth-order valence-electron chi connectivity index (χ4n) is 2.16. The molecule has 0 bridgehead atoms. The molecule has 1 heterocycles. The maximum atomic E-state index is 2.58. The maximum absolute atomic E-state index is 2.58. The van der Waals surface area contributed by atoms with Crippen molar-refractivity contribution in [2.75, 3.05) is 19.6 Å². The second-order valence-corrected chi connectivity index (χ2v) is 5.11. The van der Waals surface area contributed by atoms with Crippen molar-refractivity contribution in [2.24, 2.45) is 17.8 Å². The van der Waals surface area contributed by atoms with Crippen LogP contribution >= 0.6 is 0 Å². The van der Waals surface area contributed by atoms with Gasteiger partial charge >= 0.3 is 0 Å². The number of rotatable bonds is 4. The van der Waals surface area contributed by atoms with E-state index in [1.165, 1.54) is 26.1 Å². The number of hydrogen-bond acceptors (Lipinski definition) is 1. The van der Waals surface area contributed by atoms with Gasteiger partial charge in [0.1, 0.15) is 0 Å². The van der Waals surface area contributed by atoms with Crippen LogP contribution in [0.15, 0.2) is 0 Å². The standard InChI is InChI=1S/C11H23N/c1-9(2)5-11-7-12(8-11)6-10(3)4/h9-11H,5-8H2,1-4H3. The van der Waals surface area contributed by atoms with Crippen molar-refractivity contribution in [3.05, 3.63) is 0 Å². The van der Waals surface area contributed by atoms with Crippen molar-refractivity contribution in [3.8, 4) is 0 Å². The molecule has 1 aliphatic heterocycles. The summed E-state index contributed by atoms with van der Waals surface area (Å²) in [7, 11) is 0. The van der Waals surface area contributed by atoms with Gasteiger partial charge in [-0.05, 0) is 24.2 Å². The third kappa shape index (κ3) is 3.14. The quantitative estimate of drug-likeness (QED) is 0.625. The van der Waals surface area contributed by atoms with Crippen LogP contribution in [0.1, 0.15) is 34.1 Å². The highest BCUT2D eigenvalue weighted by atomic mass is 15.2. The molecule has 0 radical (unpaired) electrons. The minimum absolute atomic E-state index is 0.838. The van der Waals surface area contributed by atoms with Gasteiger partial charge < -0.3 is 4.90 Å². The Labute approximate surface area is 77.1 Å². The molecule has 1 nitrogen and oxygen atoms in total. The summed E-state index contributed by atoms with van der Waals surface area (Å²) in [5, 5.41) is 0. The van der Waals surface area contributed by atoms with Crippen LogP contribution < -0.4 is 0 Å². The van der Waals surface area contributed by atoms with E-state index in [0.717, 1.165) is 17.8 Å². The topological polar surface area (TPSA) is 3.24 Å². The lowest BCUT2D eigenvalue weighted by atomic mass is 9.90. The predicted octanol–water partition coefficient (Wildman–Crippen LogP) is 2.62. The summed E-state index contributed by atoms with van der Waals surface area (Å²) >= 11 is 0. The second-order valence-electron chi connectivity index (χ2n) is 5.11. The molecule has 1 fully saturated rings. The van der Waals surface area contributed by atoms with Gasteiger partial charge in [0.15, 0.2) is 0 Å². The number of likely N-dealkylation sites (tertiary alicyclic amines) is 1. The van der Waals surface area contributed by atoms with E-state index in [1.54, 1.807) is 0 Å². The Morgan fingerprint density at radius 3 is 2.08 bits per heavy atom. The summed E-state index contributed by atoms with van der Waals surface area (Å²) in [6.45, 7) is 13.3. The predicted molar refractivity (Wildman–Crippen MR) is 54.2 cm³/mol. The number of nitrogens with zero attached hydrogens (tertiary/aromatic N) is 1. The highest BCUT2D eigenvalue weighted by molar-refractivity contribution is 4.80. The van der Waals surface area contributed by atoms with Crippen LogP contribution in [-0.2, 0) is 0 Å². The normalized spacial score (nSPS) is 20.5. The van der Waals surface area contributed by atoms with Gasteiger partial charge in [-0.3, -0.25) is 0 Å². The molecule has 0 aromatic heterocycles. The summed E-state index contributed by atoms with van der Waals surface area (Å²) in [6.07, 6.45) is 1.43. The van der Waals surface area contributed by atoms with E-state index < -0.39 is 0 Å². The van der Waals surface area contributed by atoms with Crippen LogP contribution in [0.5, 0.6) is 0 Å². The third-order valence-electron chi connectivity index (χ3n) is 2.46. The van der Waals surface area contributed by atoms with E-state index in [2.05, 4.69) is 32.6 Å². The second kappa shape index (κ2) is 4.27. The first-order valence-electron chi connectivity index (χ1n) is 5.30. The zero-order valence-electron chi connectivity index (χ0n) is 9.01. The number of hydrogen-bond donors (Lipinski definition) is 0. The van der Waals surface area contributed by atoms with Gasteiger partial charge in [-0.25, -0.2) is 0 Å². The van der Waals surface area contributed by atoms with E-state index in [9.17, 15) is 0 Å². The molecule has 12 heavy (non-hydrogen) atoms. The SMILES string of the molecule is CC(C)CC1CN(CC(C)C)C1. The van der Waals surface area contributed by atoms with Gasteiger partial charge in [-0.2, -0.15) is 0 Å². The van der Waals surface area contributed by atoms with E-state index in [4.69, 9.17) is 0 Å². The molecule has 0 atom stereocenters. The van der Waals surface area contributed by atoms with Crippen LogP contribution in [0.2, 0.25) is 0 Å². The van der Waals surface area contributed by atoms with Crippen LogP contribution in [0.25, 0.3) is 0 Å². The Morgan fingerprint density at radius 1 is 1.08 bits per heavy atom. The Bertz CT molecular complexity index is 109.